The second kappa shape index (κ2) is 7.83. The molecule has 0 aliphatic heterocycles. The number of aromatic nitrogens is 1. The Morgan fingerprint density at radius 2 is 1.76 bits per heavy atom. The predicted molar refractivity (Wildman–Crippen MR) is 111 cm³/mol. The van der Waals surface area contributed by atoms with Crippen LogP contribution in [0.1, 0.15) is 5.56 Å². The molecule has 0 amide bonds. The van der Waals surface area contributed by atoms with Crippen molar-refractivity contribution in [2.24, 2.45) is 5.14 Å². The van der Waals surface area contributed by atoms with Crippen LogP contribution < -0.4 is 24.2 Å². The fraction of sp³-hybridized carbons (Fsp3) is 0.158. The minimum atomic E-state index is -3.85. The zero-order valence-corrected chi connectivity index (χ0v) is 16.8. The lowest BCUT2D eigenvalue weighted by atomic mass is 10.1. The molecule has 1 heterocycles. The van der Waals surface area contributed by atoms with E-state index in [0.717, 1.165) is 4.31 Å². The Hall–Kier alpha value is -3.55. The van der Waals surface area contributed by atoms with Gasteiger partial charge in [0.05, 0.1) is 36.7 Å². The molecule has 0 saturated carbocycles. The second-order valence-corrected chi connectivity index (χ2v) is 7.64. The molecule has 0 saturated heterocycles. The van der Waals surface area contributed by atoms with Crippen LogP contribution in [-0.2, 0) is 10.2 Å². The molecule has 29 heavy (non-hydrogen) atoms. The smallest absolute Gasteiger partial charge is 0.298 e. The lowest BCUT2D eigenvalue weighted by molar-refractivity contribution is 0.356. The number of nitrogens with two attached hydrogens (primary N) is 1. The van der Waals surface area contributed by atoms with Gasteiger partial charge in [-0.2, -0.15) is 13.7 Å². The normalized spacial score (nSPS) is 11.0. The molecule has 150 valence electrons. The minimum absolute atomic E-state index is 0.343. The van der Waals surface area contributed by atoms with E-state index in [2.05, 4.69) is 16.4 Å². The number of ether oxygens (including phenoxy) is 2. The fourth-order valence-corrected chi connectivity index (χ4v) is 3.20. The average molecular weight is 413 g/mol. The van der Waals surface area contributed by atoms with Crippen molar-refractivity contribution in [2.45, 2.75) is 0 Å². The number of nitrogens with one attached hydrogen (secondary N) is 1. The Morgan fingerprint density at radius 3 is 2.31 bits per heavy atom. The molecular formula is C19H19N5O4S. The van der Waals surface area contributed by atoms with Crippen LogP contribution in [0.5, 0.6) is 11.5 Å². The lowest BCUT2D eigenvalue weighted by Gasteiger charge is -2.17. The Kier molecular flexibility index (Phi) is 5.45. The molecule has 0 aliphatic carbocycles. The number of pyridine rings is 1. The van der Waals surface area contributed by atoms with Crippen LogP contribution >= 0.6 is 0 Å². The molecule has 1 aromatic heterocycles. The highest BCUT2D eigenvalue weighted by molar-refractivity contribution is 7.90. The number of benzene rings is 2. The molecule has 0 spiro atoms. The van der Waals surface area contributed by atoms with Gasteiger partial charge in [0.1, 0.15) is 6.07 Å². The van der Waals surface area contributed by atoms with Gasteiger partial charge in [-0.3, -0.25) is 9.29 Å². The summed E-state index contributed by atoms with van der Waals surface area (Å²) in [7, 11) is 0.578. The van der Waals surface area contributed by atoms with Gasteiger partial charge in [0.25, 0.3) is 10.2 Å². The van der Waals surface area contributed by atoms with Gasteiger partial charge in [-0.1, -0.05) is 0 Å². The third-order valence-corrected chi connectivity index (χ3v) is 5.35. The summed E-state index contributed by atoms with van der Waals surface area (Å²) in [6.07, 6.45) is 1.47. The largest absolute Gasteiger partial charge is 0.493 e. The van der Waals surface area contributed by atoms with Crippen LogP contribution in [0.4, 0.5) is 17.1 Å². The van der Waals surface area contributed by atoms with Crippen molar-refractivity contribution in [1.29, 1.82) is 5.26 Å². The Morgan fingerprint density at radius 1 is 1.14 bits per heavy atom. The summed E-state index contributed by atoms with van der Waals surface area (Å²) < 4.78 is 34.6. The number of anilines is 3. The molecule has 3 N–H and O–H groups in total. The first-order chi connectivity index (χ1) is 13.8. The molecule has 2 aromatic carbocycles. The highest BCUT2D eigenvalue weighted by atomic mass is 32.2. The van der Waals surface area contributed by atoms with Crippen LogP contribution in [0.2, 0.25) is 0 Å². The number of hydrogen-bond donors (Lipinski definition) is 2. The van der Waals surface area contributed by atoms with E-state index >= 15 is 0 Å². The molecule has 0 bridgehead atoms. The first kappa shape index (κ1) is 20.2. The topological polar surface area (TPSA) is 131 Å². The summed E-state index contributed by atoms with van der Waals surface area (Å²) in [4.78, 5) is 4.32. The predicted octanol–water partition coefficient (Wildman–Crippen LogP) is 2.51. The highest BCUT2D eigenvalue weighted by Gasteiger charge is 2.15. The number of hydrogen-bond acceptors (Lipinski definition) is 7. The zero-order valence-electron chi connectivity index (χ0n) is 16.0. The molecule has 0 radical (unpaired) electrons. The van der Waals surface area contributed by atoms with Crippen LogP contribution in [-0.4, -0.2) is 34.7 Å². The van der Waals surface area contributed by atoms with Gasteiger partial charge in [0, 0.05) is 30.4 Å². The van der Waals surface area contributed by atoms with E-state index in [9.17, 15) is 13.7 Å². The number of nitrogens with zero attached hydrogens (tertiary/aromatic N) is 3. The van der Waals surface area contributed by atoms with Crippen molar-refractivity contribution in [2.75, 3.05) is 30.9 Å². The van der Waals surface area contributed by atoms with Gasteiger partial charge < -0.3 is 14.8 Å². The van der Waals surface area contributed by atoms with Crippen molar-refractivity contribution in [3.63, 3.8) is 0 Å². The summed E-state index contributed by atoms with van der Waals surface area (Å²) in [5.41, 5.74) is 2.57. The highest BCUT2D eigenvalue weighted by Crippen LogP contribution is 2.37. The molecule has 0 fully saturated rings. The summed E-state index contributed by atoms with van der Waals surface area (Å²) >= 11 is 0. The standard InChI is InChI=1S/C19H19N5O4S/c1-24(29(21,25)26)14-6-4-13(5-7-14)23-19-12(10-20)11-22-16-9-18(28-3)17(27-2)8-15(16)19/h4-9,11H,1-3H3,(H,22,23)(H2,21,25,26). The quantitative estimate of drug-likeness (QED) is 0.635. The van der Waals surface area contributed by atoms with Crippen molar-refractivity contribution >= 4 is 38.2 Å². The van der Waals surface area contributed by atoms with Crippen LogP contribution in [0.3, 0.4) is 0 Å². The maximum absolute atomic E-state index is 11.5. The van der Waals surface area contributed by atoms with E-state index in [-0.39, 0.29) is 0 Å². The summed E-state index contributed by atoms with van der Waals surface area (Å²) in [6.45, 7) is 0. The number of nitriles is 1. The van der Waals surface area contributed by atoms with Crippen molar-refractivity contribution in [3.05, 3.63) is 48.2 Å². The maximum Gasteiger partial charge on any atom is 0.298 e. The van der Waals surface area contributed by atoms with Crippen molar-refractivity contribution < 1.29 is 17.9 Å². The maximum atomic E-state index is 11.5. The molecule has 3 rings (SSSR count). The molecule has 10 heteroatoms. The Balaban J connectivity index is 2.06. The van der Waals surface area contributed by atoms with Gasteiger partial charge in [0.2, 0.25) is 0 Å². The van der Waals surface area contributed by atoms with Gasteiger partial charge in [-0.15, -0.1) is 0 Å². The molecule has 0 unspecified atom stereocenters. The first-order valence-electron chi connectivity index (χ1n) is 8.37. The van der Waals surface area contributed by atoms with Gasteiger partial charge in [-0.25, -0.2) is 5.14 Å². The second-order valence-electron chi connectivity index (χ2n) is 6.07. The average Bonchev–Trinajstić information content (AvgIpc) is 2.72. The van der Waals surface area contributed by atoms with E-state index in [0.29, 0.717) is 45.0 Å². The minimum Gasteiger partial charge on any atom is -0.493 e. The van der Waals surface area contributed by atoms with Crippen LogP contribution in [0.25, 0.3) is 10.9 Å². The lowest BCUT2D eigenvalue weighted by Crippen LogP contribution is -2.32. The monoisotopic (exact) mass is 413 g/mol. The summed E-state index contributed by atoms with van der Waals surface area (Å²) in [5, 5.41) is 18.5. The van der Waals surface area contributed by atoms with E-state index < -0.39 is 10.2 Å². The van der Waals surface area contributed by atoms with Crippen molar-refractivity contribution in [3.8, 4) is 17.6 Å². The van der Waals surface area contributed by atoms with E-state index in [1.165, 1.54) is 27.5 Å². The third kappa shape index (κ3) is 4.01. The Labute approximate surface area is 168 Å². The van der Waals surface area contributed by atoms with E-state index in [1.807, 2.05) is 0 Å². The third-order valence-electron chi connectivity index (χ3n) is 4.38. The first-order valence-corrected chi connectivity index (χ1v) is 9.87. The van der Waals surface area contributed by atoms with E-state index in [4.69, 9.17) is 14.6 Å². The van der Waals surface area contributed by atoms with E-state index in [1.54, 1.807) is 36.4 Å². The summed E-state index contributed by atoms with van der Waals surface area (Å²) in [5.74, 6) is 1.03. The molecular weight excluding hydrogens is 394 g/mol. The van der Waals surface area contributed by atoms with Gasteiger partial charge in [-0.05, 0) is 30.3 Å². The molecule has 3 aromatic rings. The SMILES string of the molecule is COc1cc2ncc(C#N)c(Nc3ccc(N(C)S(N)(=O)=O)cc3)c2cc1OC. The Bertz CT molecular complexity index is 1200. The molecule has 9 nitrogen and oxygen atoms in total. The summed E-state index contributed by atoms with van der Waals surface area (Å²) in [6, 6.07) is 12.2. The molecule has 0 atom stereocenters. The van der Waals surface area contributed by atoms with Crippen LogP contribution in [0.15, 0.2) is 42.6 Å². The van der Waals surface area contributed by atoms with Crippen molar-refractivity contribution in [1.82, 2.24) is 4.98 Å². The molecule has 0 aliphatic rings. The number of methoxy groups -OCH3 is 2. The van der Waals surface area contributed by atoms with Gasteiger partial charge >= 0.3 is 0 Å². The number of fused-ring (bicyclic) bond motifs is 1. The fourth-order valence-electron chi connectivity index (χ4n) is 2.78. The number of rotatable bonds is 6. The van der Waals surface area contributed by atoms with Gasteiger partial charge in [0.15, 0.2) is 11.5 Å². The van der Waals surface area contributed by atoms with Crippen LogP contribution in [0, 0.1) is 11.3 Å². The zero-order chi connectivity index (χ0) is 21.2.